The van der Waals surface area contributed by atoms with Crippen LogP contribution in [0.4, 0.5) is 0 Å². The first-order chi connectivity index (χ1) is 14.7. The molecule has 0 fully saturated rings. The molecule has 2 heterocycles. The van der Waals surface area contributed by atoms with Gasteiger partial charge in [0.05, 0.1) is 25.3 Å². The van der Waals surface area contributed by atoms with Crippen molar-refractivity contribution < 1.29 is 9.47 Å². The number of hydrogen-bond donors (Lipinski definition) is 0. The normalized spacial score (nSPS) is 13.3. The van der Waals surface area contributed by atoms with Gasteiger partial charge in [-0.15, -0.1) is 11.3 Å². The highest BCUT2D eigenvalue weighted by Crippen LogP contribution is 2.35. The quantitative estimate of drug-likeness (QED) is 0.467. The van der Waals surface area contributed by atoms with E-state index in [1.54, 1.807) is 30.1 Å². The molecule has 0 spiro atoms. The number of aromatic nitrogens is 2. The molecule has 152 valence electrons. The van der Waals surface area contributed by atoms with Gasteiger partial charge in [0.25, 0.3) is 5.56 Å². The molecule has 0 radical (unpaired) electrons. The topological polar surface area (TPSA) is 53.4 Å². The average molecular weight is 419 g/mol. The van der Waals surface area contributed by atoms with E-state index in [4.69, 9.17) is 14.5 Å². The highest BCUT2D eigenvalue weighted by atomic mass is 32.1. The molecule has 6 heteroatoms. The zero-order valence-electron chi connectivity index (χ0n) is 17.0. The molecule has 0 aliphatic heterocycles. The van der Waals surface area contributed by atoms with Crippen molar-refractivity contribution in [1.82, 2.24) is 9.55 Å². The number of benzene rings is 2. The fourth-order valence-electron chi connectivity index (χ4n) is 4.13. The van der Waals surface area contributed by atoms with Crippen LogP contribution in [0.15, 0.2) is 53.3 Å². The minimum Gasteiger partial charge on any atom is -0.497 e. The second kappa shape index (κ2) is 7.61. The molecule has 1 aliphatic rings. The van der Waals surface area contributed by atoms with Crippen LogP contribution in [0.3, 0.4) is 0 Å². The Morgan fingerprint density at radius 3 is 2.50 bits per heavy atom. The fraction of sp³-hybridized carbons (Fsp3) is 0.250. The third kappa shape index (κ3) is 3.08. The maximum atomic E-state index is 13.8. The molecule has 4 aromatic rings. The first-order valence-corrected chi connectivity index (χ1v) is 10.9. The molecule has 0 N–H and O–H groups in total. The Balaban J connectivity index is 1.83. The maximum Gasteiger partial charge on any atom is 0.267 e. The molecule has 0 amide bonds. The van der Waals surface area contributed by atoms with Gasteiger partial charge in [-0.05, 0) is 67.6 Å². The lowest BCUT2D eigenvalue weighted by Crippen LogP contribution is -2.22. The van der Waals surface area contributed by atoms with Crippen molar-refractivity contribution in [3.05, 3.63) is 69.3 Å². The van der Waals surface area contributed by atoms with Gasteiger partial charge in [-0.2, -0.15) is 0 Å². The monoisotopic (exact) mass is 418 g/mol. The number of hydrogen-bond acceptors (Lipinski definition) is 5. The lowest BCUT2D eigenvalue weighted by atomic mass is 9.97. The first-order valence-electron chi connectivity index (χ1n) is 10.1. The maximum absolute atomic E-state index is 13.8. The molecule has 30 heavy (non-hydrogen) atoms. The van der Waals surface area contributed by atoms with Crippen LogP contribution in [0.5, 0.6) is 11.5 Å². The van der Waals surface area contributed by atoms with Crippen molar-refractivity contribution in [1.29, 1.82) is 0 Å². The van der Waals surface area contributed by atoms with Crippen molar-refractivity contribution in [3.63, 3.8) is 0 Å². The van der Waals surface area contributed by atoms with Gasteiger partial charge in [0.15, 0.2) is 0 Å². The van der Waals surface area contributed by atoms with E-state index in [9.17, 15) is 4.79 Å². The largest absolute Gasteiger partial charge is 0.497 e. The standard InChI is InChI=1S/C24H22N2O3S/c1-28-17-12-10-16(11-13-17)26-22(15-6-5-7-18(14-15)29-2)25-23-21(24(26)27)19-8-3-4-9-20(19)30-23/h5-7,10-14H,3-4,8-9H2,1-2H3. The Kier molecular flexibility index (Phi) is 4.79. The van der Waals surface area contributed by atoms with Crippen LogP contribution >= 0.6 is 11.3 Å². The summed E-state index contributed by atoms with van der Waals surface area (Å²) in [6.07, 6.45) is 4.29. The van der Waals surface area contributed by atoms with Crippen LogP contribution in [-0.4, -0.2) is 23.8 Å². The van der Waals surface area contributed by atoms with Crippen LogP contribution in [0.25, 0.3) is 27.3 Å². The second-order valence-electron chi connectivity index (χ2n) is 7.40. The second-order valence-corrected chi connectivity index (χ2v) is 8.48. The van der Waals surface area contributed by atoms with Gasteiger partial charge in [-0.3, -0.25) is 9.36 Å². The summed E-state index contributed by atoms with van der Waals surface area (Å²) in [6.45, 7) is 0. The van der Waals surface area contributed by atoms with Crippen LogP contribution in [0, 0.1) is 0 Å². The van der Waals surface area contributed by atoms with Crippen LogP contribution in [0.1, 0.15) is 23.3 Å². The third-order valence-corrected chi connectivity index (χ3v) is 6.83. The Morgan fingerprint density at radius 1 is 0.967 bits per heavy atom. The SMILES string of the molecule is COc1ccc(-n2c(-c3cccc(OC)c3)nc3sc4c(c3c2=O)CCCC4)cc1. The van der Waals surface area contributed by atoms with Crippen LogP contribution in [-0.2, 0) is 12.8 Å². The summed E-state index contributed by atoms with van der Waals surface area (Å²) < 4.78 is 12.4. The van der Waals surface area contributed by atoms with Gasteiger partial charge in [0.2, 0.25) is 0 Å². The molecule has 0 bridgehead atoms. The van der Waals surface area contributed by atoms with Crippen molar-refractivity contribution in [2.75, 3.05) is 14.2 Å². The van der Waals surface area contributed by atoms with Crippen LogP contribution < -0.4 is 15.0 Å². The number of methoxy groups -OCH3 is 2. The summed E-state index contributed by atoms with van der Waals surface area (Å²) in [7, 11) is 3.27. The molecular formula is C24H22N2O3S. The summed E-state index contributed by atoms with van der Waals surface area (Å²) >= 11 is 1.67. The Bertz CT molecular complexity index is 1290. The van der Waals surface area contributed by atoms with E-state index >= 15 is 0 Å². The van der Waals surface area contributed by atoms with Crippen molar-refractivity contribution >= 4 is 21.6 Å². The molecule has 0 saturated carbocycles. The average Bonchev–Trinajstić information content (AvgIpc) is 3.18. The van der Waals surface area contributed by atoms with Crippen molar-refractivity contribution in [3.8, 4) is 28.6 Å². The Morgan fingerprint density at radius 2 is 1.73 bits per heavy atom. The molecular weight excluding hydrogens is 396 g/mol. The number of fused-ring (bicyclic) bond motifs is 3. The molecule has 0 unspecified atom stereocenters. The predicted molar refractivity (Wildman–Crippen MR) is 120 cm³/mol. The molecule has 1 aliphatic carbocycles. The zero-order chi connectivity index (χ0) is 20.7. The highest BCUT2D eigenvalue weighted by molar-refractivity contribution is 7.18. The molecule has 0 saturated heterocycles. The number of aryl methyl sites for hydroxylation is 2. The zero-order valence-corrected chi connectivity index (χ0v) is 17.8. The van der Waals surface area contributed by atoms with E-state index in [2.05, 4.69) is 0 Å². The summed E-state index contributed by atoms with van der Waals surface area (Å²) in [5.74, 6) is 2.10. The molecule has 0 atom stereocenters. The van der Waals surface area contributed by atoms with Crippen molar-refractivity contribution in [2.45, 2.75) is 25.7 Å². The van der Waals surface area contributed by atoms with Gasteiger partial charge < -0.3 is 9.47 Å². The highest BCUT2D eigenvalue weighted by Gasteiger charge is 2.23. The van der Waals surface area contributed by atoms with Crippen LogP contribution in [0.2, 0.25) is 0 Å². The lowest BCUT2D eigenvalue weighted by molar-refractivity contribution is 0.414. The third-order valence-electron chi connectivity index (χ3n) is 5.65. The van der Waals surface area contributed by atoms with Gasteiger partial charge in [0.1, 0.15) is 22.2 Å². The van der Waals surface area contributed by atoms with Crippen molar-refractivity contribution in [2.24, 2.45) is 0 Å². The Hall–Kier alpha value is -3.12. The van der Waals surface area contributed by atoms with E-state index in [0.717, 1.165) is 52.2 Å². The first kappa shape index (κ1) is 18.9. The number of nitrogens with zero attached hydrogens (tertiary/aromatic N) is 2. The molecule has 5 nitrogen and oxygen atoms in total. The summed E-state index contributed by atoms with van der Waals surface area (Å²) in [5, 5.41) is 0.775. The Labute approximate surface area is 178 Å². The summed E-state index contributed by atoms with van der Waals surface area (Å²) in [6, 6.07) is 15.2. The van der Waals surface area contributed by atoms with E-state index in [-0.39, 0.29) is 5.56 Å². The smallest absolute Gasteiger partial charge is 0.267 e. The van der Waals surface area contributed by atoms with Gasteiger partial charge in [-0.25, -0.2) is 4.98 Å². The van der Waals surface area contributed by atoms with E-state index in [1.807, 2.05) is 48.5 Å². The van der Waals surface area contributed by atoms with E-state index < -0.39 is 0 Å². The number of thiophene rings is 1. The van der Waals surface area contributed by atoms with Gasteiger partial charge >= 0.3 is 0 Å². The fourth-order valence-corrected chi connectivity index (χ4v) is 5.38. The summed E-state index contributed by atoms with van der Waals surface area (Å²) in [4.78, 5) is 21.0. The molecule has 2 aromatic heterocycles. The number of rotatable bonds is 4. The molecule has 5 rings (SSSR count). The van der Waals surface area contributed by atoms with E-state index in [0.29, 0.717) is 5.82 Å². The van der Waals surface area contributed by atoms with Gasteiger partial charge in [0, 0.05) is 10.4 Å². The van der Waals surface area contributed by atoms with Gasteiger partial charge in [-0.1, -0.05) is 12.1 Å². The summed E-state index contributed by atoms with van der Waals surface area (Å²) in [5.41, 5.74) is 2.79. The molecule has 2 aromatic carbocycles. The predicted octanol–water partition coefficient (Wildman–Crippen LogP) is 5.01. The number of ether oxygens (including phenoxy) is 2. The lowest BCUT2D eigenvalue weighted by Gasteiger charge is -2.15. The van der Waals surface area contributed by atoms with E-state index in [1.165, 1.54) is 16.9 Å². The minimum absolute atomic E-state index is 0.0117. The minimum atomic E-state index is -0.0117.